The molecule has 0 N–H and O–H groups in total. The number of benzene rings is 1. The van der Waals surface area contributed by atoms with E-state index >= 15 is 0 Å². The molecule has 76 valence electrons. The van der Waals surface area contributed by atoms with Crippen molar-refractivity contribution in [2.45, 2.75) is 20.0 Å². The van der Waals surface area contributed by atoms with Gasteiger partial charge in [-0.2, -0.15) is 0 Å². The molecule has 1 rings (SSSR count). The maximum absolute atomic E-state index is 10.3. The number of hydrogen-bond acceptors (Lipinski definition) is 2. The molecule has 0 saturated carbocycles. The van der Waals surface area contributed by atoms with Gasteiger partial charge in [-0.05, 0) is 12.0 Å². The van der Waals surface area contributed by atoms with Gasteiger partial charge >= 0.3 is 0 Å². The Morgan fingerprint density at radius 2 is 2.07 bits per heavy atom. The standard InChI is InChI=1S/C12H16O2/c1-11(9-13)7-8-14-10-12-5-3-2-4-6-12/h2-6,9,11H,7-8,10H2,1H3/t11-/m0/s1. The highest BCUT2D eigenvalue weighted by Gasteiger charge is 1.98. The summed E-state index contributed by atoms with van der Waals surface area (Å²) in [5.74, 6) is 0.103. The number of carbonyl (C=O) groups is 1. The molecule has 0 aromatic heterocycles. The molecule has 0 aliphatic rings. The van der Waals surface area contributed by atoms with Gasteiger partial charge in [0.2, 0.25) is 0 Å². The summed E-state index contributed by atoms with van der Waals surface area (Å²) in [5, 5.41) is 0. The van der Waals surface area contributed by atoms with Gasteiger partial charge in [-0.25, -0.2) is 0 Å². The van der Waals surface area contributed by atoms with E-state index in [9.17, 15) is 4.79 Å². The average Bonchev–Trinajstić information content (AvgIpc) is 2.25. The van der Waals surface area contributed by atoms with Crippen LogP contribution in [0.4, 0.5) is 0 Å². The second-order valence-electron chi connectivity index (χ2n) is 3.44. The minimum absolute atomic E-state index is 0.103. The Morgan fingerprint density at radius 3 is 2.71 bits per heavy atom. The fourth-order valence-corrected chi connectivity index (χ4v) is 1.10. The van der Waals surface area contributed by atoms with E-state index in [4.69, 9.17) is 4.74 Å². The highest BCUT2D eigenvalue weighted by molar-refractivity contribution is 5.52. The molecule has 0 radical (unpaired) electrons. The zero-order valence-corrected chi connectivity index (χ0v) is 8.48. The van der Waals surface area contributed by atoms with Crippen LogP contribution >= 0.6 is 0 Å². The Bertz CT molecular complexity index is 256. The molecule has 0 spiro atoms. The summed E-state index contributed by atoms with van der Waals surface area (Å²) >= 11 is 0. The minimum atomic E-state index is 0.103. The quantitative estimate of drug-likeness (QED) is 0.511. The molecule has 14 heavy (non-hydrogen) atoms. The smallest absolute Gasteiger partial charge is 0.122 e. The molecule has 0 fully saturated rings. The van der Waals surface area contributed by atoms with Crippen LogP contribution < -0.4 is 0 Å². The first-order chi connectivity index (χ1) is 6.83. The third-order valence-electron chi connectivity index (χ3n) is 2.06. The van der Waals surface area contributed by atoms with Gasteiger partial charge in [0.05, 0.1) is 6.61 Å². The number of ether oxygens (including phenoxy) is 1. The summed E-state index contributed by atoms with van der Waals surface area (Å²) in [5.41, 5.74) is 1.17. The third-order valence-corrected chi connectivity index (χ3v) is 2.06. The van der Waals surface area contributed by atoms with E-state index in [1.165, 1.54) is 5.56 Å². The molecular formula is C12H16O2. The predicted octanol–water partition coefficient (Wildman–Crippen LogP) is 2.43. The summed E-state index contributed by atoms with van der Waals surface area (Å²) in [6.45, 7) is 3.18. The van der Waals surface area contributed by atoms with E-state index in [1.807, 2.05) is 37.3 Å². The van der Waals surface area contributed by atoms with Crippen LogP contribution in [-0.4, -0.2) is 12.9 Å². The van der Waals surface area contributed by atoms with E-state index in [2.05, 4.69) is 0 Å². The highest BCUT2D eigenvalue weighted by Crippen LogP contribution is 2.03. The van der Waals surface area contributed by atoms with E-state index in [0.717, 1.165) is 12.7 Å². The second-order valence-corrected chi connectivity index (χ2v) is 3.44. The predicted molar refractivity (Wildman–Crippen MR) is 55.9 cm³/mol. The van der Waals surface area contributed by atoms with Crippen LogP contribution in [0.2, 0.25) is 0 Å². The maximum Gasteiger partial charge on any atom is 0.122 e. The van der Waals surface area contributed by atoms with Crippen molar-refractivity contribution in [3.05, 3.63) is 35.9 Å². The lowest BCUT2D eigenvalue weighted by Gasteiger charge is -2.05. The molecule has 0 heterocycles. The third kappa shape index (κ3) is 4.19. The van der Waals surface area contributed by atoms with Crippen LogP contribution in [0.5, 0.6) is 0 Å². The van der Waals surface area contributed by atoms with Crippen molar-refractivity contribution in [3.8, 4) is 0 Å². The molecule has 1 aromatic carbocycles. The second kappa shape index (κ2) is 6.33. The lowest BCUT2D eigenvalue weighted by Crippen LogP contribution is -2.02. The Labute approximate surface area is 84.9 Å². The van der Waals surface area contributed by atoms with Gasteiger partial charge in [0.1, 0.15) is 6.29 Å². The van der Waals surface area contributed by atoms with Crippen molar-refractivity contribution >= 4 is 6.29 Å². The fourth-order valence-electron chi connectivity index (χ4n) is 1.10. The minimum Gasteiger partial charge on any atom is -0.377 e. The topological polar surface area (TPSA) is 26.3 Å². The molecule has 0 bridgehead atoms. The molecule has 2 nitrogen and oxygen atoms in total. The summed E-state index contributed by atoms with van der Waals surface area (Å²) < 4.78 is 5.43. The van der Waals surface area contributed by atoms with Gasteiger partial charge in [0.25, 0.3) is 0 Å². The van der Waals surface area contributed by atoms with Crippen molar-refractivity contribution < 1.29 is 9.53 Å². The van der Waals surface area contributed by atoms with Gasteiger partial charge in [-0.15, -0.1) is 0 Å². The molecule has 0 unspecified atom stereocenters. The van der Waals surface area contributed by atoms with Gasteiger partial charge in [-0.3, -0.25) is 0 Å². The summed E-state index contributed by atoms with van der Waals surface area (Å²) in [6.07, 6.45) is 1.77. The first-order valence-corrected chi connectivity index (χ1v) is 4.90. The molecule has 0 aliphatic carbocycles. The molecule has 1 aromatic rings. The first kappa shape index (κ1) is 10.9. The van der Waals surface area contributed by atoms with Crippen LogP contribution in [0, 0.1) is 5.92 Å². The van der Waals surface area contributed by atoms with Crippen LogP contribution in [0.25, 0.3) is 0 Å². The molecule has 0 aliphatic heterocycles. The number of carbonyl (C=O) groups excluding carboxylic acids is 1. The summed E-state index contributed by atoms with van der Waals surface area (Å²) in [6, 6.07) is 10.0. The van der Waals surface area contributed by atoms with Crippen molar-refractivity contribution in [1.29, 1.82) is 0 Å². The van der Waals surface area contributed by atoms with Crippen molar-refractivity contribution in [1.82, 2.24) is 0 Å². The fraction of sp³-hybridized carbons (Fsp3) is 0.417. The normalized spacial score (nSPS) is 12.4. The Kier molecular flexibility index (Phi) is 4.94. The van der Waals surface area contributed by atoms with Crippen LogP contribution in [0.1, 0.15) is 18.9 Å². The van der Waals surface area contributed by atoms with Crippen LogP contribution in [0.15, 0.2) is 30.3 Å². The first-order valence-electron chi connectivity index (χ1n) is 4.90. The Hall–Kier alpha value is -1.15. The summed E-state index contributed by atoms with van der Waals surface area (Å²) in [7, 11) is 0. The van der Waals surface area contributed by atoms with Crippen LogP contribution in [-0.2, 0) is 16.1 Å². The molecular weight excluding hydrogens is 176 g/mol. The van der Waals surface area contributed by atoms with E-state index in [0.29, 0.717) is 13.2 Å². The zero-order valence-electron chi connectivity index (χ0n) is 8.48. The van der Waals surface area contributed by atoms with E-state index in [1.54, 1.807) is 0 Å². The largest absolute Gasteiger partial charge is 0.377 e. The van der Waals surface area contributed by atoms with E-state index < -0.39 is 0 Å². The highest BCUT2D eigenvalue weighted by atomic mass is 16.5. The van der Waals surface area contributed by atoms with Crippen LogP contribution in [0.3, 0.4) is 0 Å². The number of hydrogen-bond donors (Lipinski definition) is 0. The maximum atomic E-state index is 10.3. The SMILES string of the molecule is C[C@H](C=O)CCOCc1ccccc1. The summed E-state index contributed by atoms with van der Waals surface area (Å²) in [4.78, 5) is 10.3. The van der Waals surface area contributed by atoms with Gasteiger partial charge in [0, 0.05) is 12.5 Å². The molecule has 0 saturated heterocycles. The molecule has 1 atom stereocenters. The van der Waals surface area contributed by atoms with Crippen molar-refractivity contribution in [2.75, 3.05) is 6.61 Å². The molecule has 0 amide bonds. The Morgan fingerprint density at radius 1 is 1.36 bits per heavy atom. The number of aldehydes is 1. The average molecular weight is 192 g/mol. The van der Waals surface area contributed by atoms with Gasteiger partial charge < -0.3 is 9.53 Å². The van der Waals surface area contributed by atoms with Crippen molar-refractivity contribution in [2.24, 2.45) is 5.92 Å². The number of rotatable bonds is 6. The monoisotopic (exact) mass is 192 g/mol. The van der Waals surface area contributed by atoms with E-state index in [-0.39, 0.29) is 5.92 Å². The Balaban J connectivity index is 2.13. The lowest BCUT2D eigenvalue weighted by molar-refractivity contribution is -0.111. The van der Waals surface area contributed by atoms with Gasteiger partial charge in [-0.1, -0.05) is 37.3 Å². The zero-order chi connectivity index (χ0) is 10.2. The van der Waals surface area contributed by atoms with Crippen molar-refractivity contribution in [3.63, 3.8) is 0 Å². The molecule has 2 heteroatoms. The lowest BCUT2D eigenvalue weighted by atomic mass is 10.1. The van der Waals surface area contributed by atoms with Gasteiger partial charge in [0.15, 0.2) is 0 Å².